The van der Waals surface area contributed by atoms with Crippen LogP contribution in [0.3, 0.4) is 0 Å². The second-order valence-electron chi connectivity index (χ2n) is 3.39. The first-order chi connectivity index (χ1) is 7.95. The number of methoxy groups -OCH3 is 1. The van der Waals surface area contributed by atoms with Crippen molar-refractivity contribution < 1.29 is 14.3 Å². The van der Waals surface area contributed by atoms with Gasteiger partial charge in [-0.25, -0.2) is 0 Å². The topological polar surface area (TPSA) is 69.4 Å². The van der Waals surface area contributed by atoms with Gasteiger partial charge in [-0.05, 0) is 18.2 Å². The predicted molar refractivity (Wildman–Crippen MR) is 65.4 cm³/mol. The number of ether oxygens (including phenoxy) is 1. The lowest BCUT2D eigenvalue weighted by molar-refractivity contribution is -0.142. The molecule has 2 N–H and O–H groups in total. The van der Waals surface area contributed by atoms with E-state index in [4.69, 9.17) is 28.9 Å². The molecule has 0 fully saturated rings. The molecule has 6 heteroatoms. The summed E-state index contributed by atoms with van der Waals surface area (Å²) >= 11 is 11.5. The average molecular weight is 276 g/mol. The third kappa shape index (κ3) is 3.70. The maximum absolute atomic E-state index is 11.7. The normalized spacial score (nSPS) is 12.0. The van der Waals surface area contributed by atoms with E-state index in [1.807, 2.05) is 0 Å². The molecule has 1 rings (SSSR count). The number of Topliss-reactive ketones (excluding diaryl/α,β-unsaturated/α-hetero) is 1. The number of nitrogens with two attached hydrogens (primary N) is 1. The van der Waals surface area contributed by atoms with Crippen molar-refractivity contribution in [2.24, 2.45) is 5.73 Å². The van der Waals surface area contributed by atoms with Gasteiger partial charge < -0.3 is 10.5 Å². The van der Waals surface area contributed by atoms with Crippen molar-refractivity contribution in [3.05, 3.63) is 33.8 Å². The minimum absolute atomic E-state index is 0.134. The van der Waals surface area contributed by atoms with Crippen molar-refractivity contribution in [2.45, 2.75) is 12.5 Å². The first-order valence-electron chi connectivity index (χ1n) is 4.77. The molecule has 1 aromatic rings. The summed E-state index contributed by atoms with van der Waals surface area (Å²) in [6.07, 6.45) is -0.134. The molecular formula is C11H11Cl2NO3. The zero-order chi connectivity index (χ0) is 13.0. The van der Waals surface area contributed by atoms with Gasteiger partial charge in [-0.2, -0.15) is 0 Å². The zero-order valence-electron chi connectivity index (χ0n) is 9.07. The van der Waals surface area contributed by atoms with Crippen LogP contribution >= 0.6 is 23.2 Å². The van der Waals surface area contributed by atoms with E-state index in [0.717, 1.165) is 0 Å². The van der Waals surface area contributed by atoms with Crippen LogP contribution in [0.4, 0.5) is 0 Å². The minimum Gasteiger partial charge on any atom is -0.468 e. The van der Waals surface area contributed by atoms with Crippen molar-refractivity contribution in [1.82, 2.24) is 0 Å². The fourth-order valence-corrected chi connectivity index (χ4v) is 1.52. The molecule has 0 unspecified atom stereocenters. The number of benzene rings is 1. The summed E-state index contributed by atoms with van der Waals surface area (Å²) in [5.41, 5.74) is 5.84. The molecule has 0 spiro atoms. The summed E-state index contributed by atoms with van der Waals surface area (Å²) in [7, 11) is 1.21. The maximum atomic E-state index is 11.7. The molecule has 0 aromatic heterocycles. The first-order valence-corrected chi connectivity index (χ1v) is 5.53. The maximum Gasteiger partial charge on any atom is 0.323 e. The van der Waals surface area contributed by atoms with Gasteiger partial charge in [0.05, 0.1) is 17.2 Å². The van der Waals surface area contributed by atoms with Crippen LogP contribution in [0.5, 0.6) is 0 Å². The van der Waals surface area contributed by atoms with Crippen LogP contribution in [0.15, 0.2) is 18.2 Å². The molecule has 0 saturated carbocycles. The van der Waals surface area contributed by atoms with Crippen molar-refractivity contribution >= 4 is 35.0 Å². The molecule has 0 aliphatic heterocycles. The van der Waals surface area contributed by atoms with Gasteiger partial charge in [0.2, 0.25) is 0 Å². The van der Waals surface area contributed by atoms with E-state index >= 15 is 0 Å². The predicted octanol–water partition coefficient (Wildman–Crippen LogP) is 2.07. The molecule has 0 amide bonds. The van der Waals surface area contributed by atoms with Crippen molar-refractivity contribution in [1.29, 1.82) is 0 Å². The Kier molecular flexibility index (Phi) is 4.93. The highest BCUT2D eigenvalue weighted by atomic mass is 35.5. The molecule has 92 valence electrons. The summed E-state index contributed by atoms with van der Waals surface area (Å²) in [6, 6.07) is 3.51. The minimum atomic E-state index is -0.970. The van der Waals surface area contributed by atoms with Gasteiger partial charge in [0.15, 0.2) is 5.78 Å². The van der Waals surface area contributed by atoms with Gasteiger partial charge >= 0.3 is 5.97 Å². The highest BCUT2D eigenvalue weighted by Crippen LogP contribution is 2.23. The standard InChI is InChI=1S/C11H11Cl2NO3/c1-17-11(16)9(14)5-10(15)6-2-3-7(12)8(13)4-6/h2-4,9H,5,14H2,1H3/t9-/m1/s1. The van der Waals surface area contributed by atoms with Crippen LogP contribution in [0.1, 0.15) is 16.8 Å². The summed E-state index contributed by atoms with van der Waals surface area (Å²) in [5.74, 6) is -0.917. The first kappa shape index (κ1) is 14.0. The van der Waals surface area contributed by atoms with Gasteiger partial charge in [0, 0.05) is 12.0 Å². The molecule has 0 bridgehead atoms. The van der Waals surface area contributed by atoms with Crippen LogP contribution in [-0.4, -0.2) is 24.9 Å². The number of hydrogen-bond acceptors (Lipinski definition) is 4. The molecule has 0 saturated heterocycles. The van der Waals surface area contributed by atoms with Crippen LogP contribution in [-0.2, 0) is 9.53 Å². The summed E-state index contributed by atoms with van der Waals surface area (Å²) in [6.45, 7) is 0. The highest BCUT2D eigenvalue weighted by Gasteiger charge is 2.19. The smallest absolute Gasteiger partial charge is 0.323 e. The molecule has 1 atom stereocenters. The SMILES string of the molecule is COC(=O)[C@H](N)CC(=O)c1ccc(Cl)c(Cl)c1. The lowest BCUT2D eigenvalue weighted by Gasteiger charge is -2.08. The van der Waals surface area contributed by atoms with Gasteiger partial charge in [0.25, 0.3) is 0 Å². The summed E-state index contributed by atoms with van der Waals surface area (Å²) in [5, 5.41) is 0.643. The van der Waals surface area contributed by atoms with Gasteiger partial charge in [-0.1, -0.05) is 23.2 Å². The molecule has 17 heavy (non-hydrogen) atoms. The van der Waals surface area contributed by atoms with E-state index in [1.54, 1.807) is 0 Å². The Balaban J connectivity index is 2.76. The second-order valence-corrected chi connectivity index (χ2v) is 4.20. The highest BCUT2D eigenvalue weighted by molar-refractivity contribution is 6.42. The number of esters is 1. The Bertz CT molecular complexity index is 448. The molecule has 0 aliphatic carbocycles. The summed E-state index contributed by atoms with van der Waals surface area (Å²) < 4.78 is 4.43. The van der Waals surface area contributed by atoms with E-state index in [-0.39, 0.29) is 17.2 Å². The Morgan fingerprint density at radius 3 is 2.53 bits per heavy atom. The number of carbonyl (C=O) groups is 2. The van der Waals surface area contributed by atoms with Crippen molar-refractivity contribution in [2.75, 3.05) is 7.11 Å². The van der Waals surface area contributed by atoms with Crippen LogP contribution < -0.4 is 5.73 Å². The monoisotopic (exact) mass is 275 g/mol. The van der Waals surface area contributed by atoms with E-state index in [0.29, 0.717) is 10.6 Å². The van der Waals surface area contributed by atoms with Gasteiger partial charge in [-0.3, -0.25) is 9.59 Å². The van der Waals surface area contributed by atoms with Gasteiger partial charge in [-0.15, -0.1) is 0 Å². The third-order valence-corrected chi connectivity index (χ3v) is 2.89. The van der Waals surface area contributed by atoms with E-state index < -0.39 is 12.0 Å². The molecule has 0 radical (unpaired) electrons. The average Bonchev–Trinajstić information content (AvgIpc) is 2.31. The summed E-state index contributed by atoms with van der Waals surface area (Å²) in [4.78, 5) is 22.8. The Morgan fingerprint density at radius 2 is 2.00 bits per heavy atom. The van der Waals surface area contributed by atoms with Crippen molar-refractivity contribution in [3.8, 4) is 0 Å². The molecule has 0 heterocycles. The molecule has 4 nitrogen and oxygen atoms in total. The Hall–Kier alpha value is -1.10. The molecule has 0 aliphatic rings. The van der Waals surface area contributed by atoms with Crippen molar-refractivity contribution in [3.63, 3.8) is 0 Å². The van der Waals surface area contributed by atoms with Crippen LogP contribution in [0.2, 0.25) is 10.0 Å². The number of ketones is 1. The lowest BCUT2D eigenvalue weighted by atomic mass is 10.0. The Morgan fingerprint density at radius 1 is 1.35 bits per heavy atom. The largest absolute Gasteiger partial charge is 0.468 e. The molecular weight excluding hydrogens is 265 g/mol. The fourth-order valence-electron chi connectivity index (χ4n) is 1.22. The van der Waals surface area contributed by atoms with E-state index in [9.17, 15) is 9.59 Å². The zero-order valence-corrected chi connectivity index (χ0v) is 10.6. The fraction of sp³-hybridized carbons (Fsp3) is 0.273. The van der Waals surface area contributed by atoms with Gasteiger partial charge in [0.1, 0.15) is 6.04 Å². The number of halogens is 2. The number of carbonyl (C=O) groups excluding carboxylic acids is 2. The number of rotatable bonds is 4. The quantitative estimate of drug-likeness (QED) is 0.675. The molecule has 1 aromatic carbocycles. The van der Waals surface area contributed by atoms with Crippen LogP contribution in [0.25, 0.3) is 0 Å². The van der Waals surface area contributed by atoms with E-state index in [1.165, 1.54) is 25.3 Å². The van der Waals surface area contributed by atoms with E-state index in [2.05, 4.69) is 4.74 Å². The lowest BCUT2D eigenvalue weighted by Crippen LogP contribution is -2.33. The Labute approximate surface area is 109 Å². The number of hydrogen-bond donors (Lipinski definition) is 1. The van der Waals surface area contributed by atoms with Crippen LogP contribution in [0, 0.1) is 0 Å². The third-order valence-electron chi connectivity index (χ3n) is 2.15. The second kappa shape index (κ2) is 6.00.